The average molecular weight is 138 g/mol. The van der Waals surface area contributed by atoms with Crippen LogP contribution >= 0.6 is 0 Å². The zero-order valence-corrected chi connectivity index (χ0v) is 6.47. The van der Waals surface area contributed by atoms with Crippen LogP contribution in [0.2, 0.25) is 0 Å². The van der Waals surface area contributed by atoms with Gasteiger partial charge in [0.2, 0.25) is 0 Å². The summed E-state index contributed by atoms with van der Waals surface area (Å²) in [6, 6.07) is 0. The van der Waals surface area contributed by atoms with Gasteiger partial charge in [-0.2, -0.15) is 0 Å². The number of hydrogen-bond donors (Lipinski definition) is 0. The van der Waals surface area contributed by atoms with E-state index in [1.165, 1.54) is 6.42 Å². The van der Waals surface area contributed by atoms with Gasteiger partial charge in [0.15, 0.2) is 0 Å². The van der Waals surface area contributed by atoms with Gasteiger partial charge in [0, 0.05) is 12.3 Å². The quantitative estimate of drug-likeness (QED) is 0.547. The highest BCUT2D eigenvalue weighted by atomic mass is 16.1. The van der Waals surface area contributed by atoms with Crippen molar-refractivity contribution in [2.45, 2.75) is 32.6 Å². The fourth-order valence-electron chi connectivity index (χ4n) is 1.06. The zero-order chi connectivity index (χ0) is 7.40. The van der Waals surface area contributed by atoms with E-state index in [0.29, 0.717) is 5.78 Å². The van der Waals surface area contributed by atoms with Crippen LogP contribution in [0.1, 0.15) is 32.6 Å². The summed E-state index contributed by atoms with van der Waals surface area (Å²) >= 11 is 0. The number of hydrogen-bond acceptors (Lipinski definition) is 1. The van der Waals surface area contributed by atoms with Crippen molar-refractivity contribution in [3.63, 3.8) is 0 Å². The number of carbonyl (C=O) groups excluding carboxylic acids is 1. The molecule has 0 aromatic heterocycles. The van der Waals surface area contributed by atoms with Crippen LogP contribution in [-0.4, -0.2) is 5.78 Å². The number of unbranched alkanes of at least 4 members (excludes halogenated alkanes) is 1. The van der Waals surface area contributed by atoms with E-state index in [4.69, 9.17) is 0 Å². The molecule has 56 valence electrons. The normalized spacial score (nSPS) is 25.3. The molecule has 1 atom stereocenters. The lowest BCUT2D eigenvalue weighted by atomic mass is 9.83. The summed E-state index contributed by atoms with van der Waals surface area (Å²) in [6.45, 7) is 2.15. The highest BCUT2D eigenvalue weighted by Gasteiger charge is 2.24. The Bertz CT molecular complexity index is 147. The molecule has 0 spiro atoms. The van der Waals surface area contributed by atoms with Gasteiger partial charge in [-0.25, -0.2) is 0 Å². The van der Waals surface area contributed by atoms with Crippen LogP contribution in [0.15, 0.2) is 12.2 Å². The topological polar surface area (TPSA) is 17.1 Å². The second kappa shape index (κ2) is 3.55. The van der Waals surface area contributed by atoms with Crippen molar-refractivity contribution in [3.05, 3.63) is 12.2 Å². The predicted molar refractivity (Wildman–Crippen MR) is 41.8 cm³/mol. The lowest BCUT2D eigenvalue weighted by Gasteiger charge is -2.19. The Kier molecular flexibility index (Phi) is 2.67. The molecule has 0 N–H and O–H groups in total. The first kappa shape index (κ1) is 7.52. The Morgan fingerprint density at radius 1 is 1.70 bits per heavy atom. The molecule has 1 aliphatic rings. The fraction of sp³-hybridized carbons (Fsp3) is 0.667. The number of ketones is 1. The molecular formula is C9H14O. The van der Waals surface area contributed by atoms with Crippen LogP contribution < -0.4 is 0 Å². The van der Waals surface area contributed by atoms with Gasteiger partial charge in [-0.05, 0) is 12.8 Å². The van der Waals surface area contributed by atoms with E-state index in [2.05, 4.69) is 19.1 Å². The molecule has 0 radical (unpaired) electrons. The molecule has 1 fully saturated rings. The van der Waals surface area contributed by atoms with Gasteiger partial charge in [-0.3, -0.25) is 4.79 Å². The third-order valence-electron chi connectivity index (χ3n) is 1.94. The summed E-state index contributed by atoms with van der Waals surface area (Å²) in [7, 11) is 0. The molecule has 1 heteroatoms. The van der Waals surface area contributed by atoms with E-state index in [9.17, 15) is 4.79 Å². The number of carbonyl (C=O) groups is 1. The summed E-state index contributed by atoms with van der Waals surface area (Å²) in [6.07, 6.45) is 8.37. The number of rotatable bonds is 3. The molecule has 1 saturated carbocycles. The minimum absolute atomic E-state index is 0.284. The van der Waals surface area contributed by atoms with Gasteiger partial charge >= 0.3 is 0 Å². The molecule has 0 amide bonds. The van der Waals surface area contributed by atoms with E-state index in [1.54, 1.807) is 0 Å². The van der Waals surface area contributed by atoms with Gasteiger partial charge in [0.25, 0.3) is 0 Å². The second-order valence-electron chi connectivity index (χ2n) is 2.83. The molecule has 0 aromatic carbocycles. The maximum Gasteiger partial charge on any atom is 0.139 e. The van der Waals surface area contributed by atoms with E-state index in [1.807, 2.05) is 0 Å². The third-order valence-corrected chi connectivity index (χ3v) is 1.94. The summed E-state index contributed by atoms with van der Waals surface area (Å²) in [4.78, 5) is 10.8. The van der Waals surface area contributed by atoms with Gasteiger partial charge in [0.05, 0.1) is 0 Å². The molecule has 0 saturated heterocycles. The van der Waals surface area contributed by atoms with Crippen molar-refractivity contribution < 1.29 is 4.79 Å². The van der Waals surface area contributed by atoms with Crippen LogP contribution in [-0.2, 0) is 4.79 Å². The second-order valence-corrected chi connectivity index (χ2v) is 2.83. The minimum atomic E-state index is 0.284. The highest BCUT2D eigenvalue weighted by molar-refractivity contribution is 5.87. The molecule has 0 bridgehead atoms. The smallest absolute Gasteiger partial charge is 0.139 e. The van der Waals surface area contributed by atoms with Crippen molar-refractivity contribution in [1.82, 2.24) is 0 Å². The Hall–Kier alpha value is -0.590. The van der Waals surface area contributed by atoms with Gasteiger partial charge in [-0.15, -0.1) is 0 Å². The minimum Gasteiger partial charge on any atom is -0.299 e. The van der Waals surface area contributed by atoms with E-state index >= 15 is 0 Å². The molecule has 1 rings (SSSR count). The Balaban J connectivity index is 2.18. The van der Waals surface area contributed by atoms with Crippen LogP contribution in [0.3, 0.4) is 0 Å². The molecular weight excluding hydrogens is 124 g/mol. The fourth-order valence-corrected chi connectivity index (χ4v) is 1.06. The van der Waals surface area contributed by atoms with Crippen molar-refractivity contribution >= 4 is 5.78 Å². The Labute approximate surface area is 62.1 Å². The largest absolute Gasteiger partial charge is 0.299 e. The van der Waals surface area contributed by atoms with E-state index in [-0.39, 0.29) is 5.92 Å². The molecule has 0 aliphatic heterocycles. The van der Waals surface area contributed by atoms with Crippen LogP contribution in [0.4, 0.5) is 0 Å². The molecule has 1 nitrogen and oxygen atoms in total. The number of allylic oxidation sites excluding steroid dienone is 2. The average Bonchev–Trinajstić information content (AvgIpc) is 1.95. The highest BCUT2D eigenvalue weighted by Crippen LogP contribution is 2.23. The Morgan fingerprint density at radius 2 is 2.50 bits per heavy atom. The van der Waals surface area contributed by atoms with Crippen LogP contribution in [0, 0.1) is 5.92 Å². The first-order valence-corrected chi connectivity index (χ1v) is 4.04. The van der Waals surface area contributed by atoms with Gasteiger partial charge < -0.3 is 0 Å². The molecule has 10 heavy (non-hydrogen) atoms. The van der Waals surface area contributed by atoms with Crippen molar-refractivity contribution in [2.75, 3.05) is 0 Å². The first-order chi connectivity index (χ1) is 4.84. The lowest BCUT2D eigenvalue weighted by molar-refractivity contribution is -0.127. The maximum absolute atomic E-state index is 10.8. The lowest BCUT2D eigenvalue weighted by Crippen LogP contribution is -2.23. The van der Waals surface area contributed by atoms with Crippen molar-refractivity contribution in [2.24, 2.45) is 5.92 Å². The van der Waals surface area contributed by atoms with Crippen LogP contribution in [0.5, 0.6) is 0 Å². The SMILES string of the molecule is CCCC=CC1CCC1=O. The molecule has 1 aliphatic carbocycles. The van der Waals surface area contributed by atoms with Crippen molar-refractivity contribution in [3.8, 4) is 0 Å². The summed E-state index contributed by atoms with van der Waals surface area (Å²) in [5, 5.41) is 0. The van der Waals surface area contributed by atoms with Crippen molar-refractivity contribution in [1.29, 1.82) is 0 Å². The predicted octanol–water partition coefficient (Wildman–Crippen LogP) is 2.32. The van der Waals surface area contributed by atoms with Crippen LogP contribution in [0.25, 0.3) is 0 Å². The van der Waals surface area contributed by atoms with Gasteiger partial charge in [-0.1, -0.05) is 25.5 Å². The summed E-state index contributed by atoms with van der Waals surface area (Å²) in [5.74, 6) is 0.707. The molecule has 1 unspecified atom stereocenters. The third kappa shape index (κ3) is 1.69. The standard InChI is InChI=1S/C9H14O/c1-2-3-4-5-8-6-7-9(8)10/h4-5,8H,2-3,6-7H2,1H3. The molecule has 0 aromatic rings. The first-order valence-electron chi connectivity index (χ1n) is 4.04. The summed E-state index contributed by atoms with van der Waals surface area (Å²) in [5.41, 5.74) is 0. The number of Topliss-reactive ketones (excluding diaryl/α,β-unsaturated/α-hetero) is 1. The Morgan fingerprint density at radius 3 is 2.90 bits per heavy atom. The summed E-state index contributed by atoms with van der Waals surface area (Å²) < 4.78 is 0. The van der Waals surface area contributed by atoms with Gasteiger partial charge in [0.1, 0.15) is 5.78 Å². The zero-order valence-electron chi connectivity index (χ0n) is 6.47. The maximum atomic E-state index is 10.8. The monoisotopic (exact) mass is 138 g/mol. The van der Waals surface area contributed by atoms with E-state index < -0.39 is 0 Å². The van der Waals surface area contributed by atoms with E-state index in [0.717, 1.165) is 19.3 Å². The molecule has 0 heterocycles.